The molecule has 1 heterocycles. The Morgan fingerprint density at radius 2 is 1.93 bits per heavy atom. The van der Waals surface area contributed by atoms with Crippen molar-refractivity contribution in [2.75, 3.05) is 20.6 Å². The summed E-state index contributed by atoms with van der Waals surface area (Å²) in [5.41, 5.74) is 2.47. The lowest BCUT2D eigenvalue weighted by Crippen LogP contribution is -2.34. The fourth-order valence-electron chi connectivity index (χ4n) is 2.94. The Kier molecular flexibility index (Phi) is 7.25. The lowest BCUT2D eigenvalue weighted by Gasteiger charge is -2.26. The molecule has 0 spiro atoms. The number of hydrogen-bond acceptors (Lipinski definition) is 5. The van der Waals surface area contributed by atoms with Gasteiger partial charge in [-0.05, 0) is 56.9 Å². The zero-order valence-corrected chi connectivity index (χ0v) is 18.3. The van der Waals surface area contributed by atoms with Gasteiger partial charge in [-0.1, -0.05) is 29.8 Å². The van der Waals surface area contributed by atoms with Crippen molar-refractivity contribution in [3.05, 3.63) is 80.8 Å². The highest BCUT2D eigenvalue weighted by atomic mass is 35.5. The minimum Gasteiger partial charge on any atom is -0.487 e. The van der Waals surface area contributed by atoms with Gasteiger partial charge in [-0.25, -0.2) is 4.98 Å². The van der Waals surface area contributed by atoms with Crippen molar-refractivity contribution in [2.24, 2.45) is 0 Å². The van der Waals surface area contributed by atoms with E-state index in [4.69, 9.17) is 16.3 Å². The van der Waals surface area contributed by atoms with Gasteiger partial charge >= 0.3 is 0 Å². The summed E-state index contributed by atoms with van der Waals surface area (Å²) in [4.78, 5) is 19.0. The highest BCUT2D eigenvalue weighted by Crippen LogP contribution is 2.25. The number of carbonyl (C=O) groups excluding carboxylic acids is 1. The first-order chi connectivity index (χ1) is 13.9. The molecule has 1 aromatic heterocycles. The summed E-state index contributed by atoms with van der Waals surface area (Å²) >= 11 is 7.93. The Hall–Kier alpha value is -2.41. The number of halogens is 1. The summed E-state index contributed by atoms with van der Waals surface area (Å²) in [5.74, 6) is 0.569. The molecule has 0 saturated heterocycles. The fourth-order valence-corrected chi connectivity index (χ4v) is 3.80. The molecule has 1 amide bonds. The molecule has 0 radical (unpaired) electrons. The van der Waals surface area contributed by atoms with E-state index in [-0.39, 0.29) is 11.9 Å². The number of ether oxygens (including phenoxy) is 1. The van der Waals surface area contributed by atoms with Crippen LogP contribution in [0.4, 0.5) is 0 Å². The molecule has 3 aromatic rings. The second-order valence-electron chi connectivity index (χ2n) is 6.88. The molecular formula is C22H24ClN3O2S. The number of benzene rings is 2. The monoisotopic (exact) mass is 429 g/mol. The first-order valence-corrected chi connectivity index (χ1v) is 10.5. The van der Waals surface area contributed by atoms with Crippen LogP contribution < -0.4 is 10.1 Å². The van der Waals surface area contributed by atoms with Crippen molar-refractivity contribution in [1.29, 1.82) is 0 Å². The lowest BCUT2D eigenvalue weighted by atomic mass is 10.1. The number of carbonyl (C=O) groups is 1. The first kappa shape index (κ1) is 21.3. The SMILES string of the molecule is Cc1nc(COc2ccc(C(=O)NCC(c3ccccc3Cl)N(C)C)cc2)cs1. The summed E-state index contributed by atoms with van der Waals surface area (Å²) in [6.45, 7) is 2.84. The molecule has 0 bridgehead atoms. The van der Waals surface area contributed by atoms with E-state index < -0.39 is 0 Å². The Morgan fingerprint density at radius 3 is 2.55 bits per heavy atom. The van der Waals surface area contributed by atoms with Gasteiger partial charge in [0.05, 0.1) is 16.7 Å². The van der Waals surface area contributed by atoms with Crippen LogP contribution in [0.2, 0.25) is 5.02 Å². The Labute approximate surface area is 180 Å². The second-order valence-corrected chi connectivity index (χ2v) is 8.35. The summed E-state index contributed by atoms with van der Waals surface area (Å²) in [7, 11) is 3.94. The largest absolute Gasteiger partial charge is 0.487 e. The van der Waals surface area contributed by atoms with E-state index in [0.29, 0.717) is 29.5 Å². The summed E-state index contributed by atoms with van der Waals surface area (Å²) in [6, 6.07) is 14.8. The zero-order chi connectivity index (χ0) is 20.8. The molecule has 1 unspecified atom stereocenters. The number of rotatable bonds is 8. The molecule has 3 rings (SSSR count). The third kappa shape index (κ3) is 5.79. The molecule has 5 nitrogen and oxygen atoms in total. The molecular weight excluding hydrogens is 406 g/mol. The van der Waals surface area contributed by atoms with Crippen LogP contribution >= 0.6 is 22.9 Å². The molecule has 0 aliphatic carbocycles. The normalized spacial score (nSPS) is 12.0. The van der Waals surface area contributed by atoms with Crippen LogP contribution in [-0.4, -0.2) is 36.4 Å². The van der Waals surface area contributed by atoms with Crippen molar-refractivity contribution in [1.82, 2.24) is 15.2 Å². The third-order valence-corrected chi connectivity index (χ3v) is 5.68. The van der Waals surface area contributed by atoms with Gasteiger partial charge in [-0.15, -0.1) is 11.3 Å². The van der Waals surface area contributed by atoms with Gasteiger partial charge in [0.1, 0.15) is 12.4 Å². The number of aromatic nitrogens is 1. The van der Waals surface area contributed by atoms with E-state index in [1.165, 1.54) is 0 Å². The fraction of sp³-hybridized carbons (Fsp3) is 0.273. The molecule has 1 atom stereocenters. The standard InChI is InChI=1S/C22H24ClN3O2S/c1-15-25-17(14-29-15)13-28-18-10-8-16(9-11-18)22(27)24-12-21(26(2)3)19-6-4-5-7-20(19)23/h4-11,14,21H,12-13H2,1-3H3,(H,24,27). The molecule has 7 heteroatoms. The molecule has 0 aliphatic heterocycles. The molecule has 0 aliphatic rings. The third-order valence-electron chi connectivity index (χ3n) is 4.51. The number of aryl methyl sites for hydroxylation is 1. The maximum atomic E-state index is 12.6. The van der Waals surface area contributed by atoms with Crippen LogP contribution in [0.15, 0.2) is 53.9 Å². The highest BCUT2D eigenvalue weighted by Gasteiger charge is 2.18. The van der Waals surface area contributed by atoms with E-state index in [1.54, 1.807) is 35.6 Å². The Balaban J connectivity index is 1.57. The summed E-state index contributed by atoms with van der Waals surface area (Å²) in [6.07, 6.45) is 0. The van der Waals surface area contributed by atoms with Crippen molar-refractivity contribution >= 4 is 28.8 Å². The van der Waals surface area contributed by atoms with Crippen LogP contribution in [0.3, 0.4) is 0 Å². The van der Waals surface area contributed by atoms with Gasteiger partial charge in [0.25, 0.3) is 5.91 Å². The van der Waals surface area contributed by atoms with Crippen LogP contribution in [0, 0.1) is 6.92 Å². The van der Waals surface area contributed by atoms with Crippen LogP contribution in [-0.2, 0) is 6.61 Å². The van der Waals surface area contributed by atoms with E-state index in [0.717, 1.165) is 16.3 Å². The minimum absolute atomic E-state index is 0.0168. The summed E-state index contributed by atoms with van der Waals surface area (Å²) in [5, 5.41) is 6.69. The molecule has 0 saturated carbocycles. The minimum atomic E-state index is -0.134. The maximum Gasteiger partial charge on any atom is 0.251 e. The average molecular weight is 430 g/mol. The first-order valence-electron chi connectivity index (χ1n) is 9.27. The summed E-state index contributed by atoms with van der Waals surface area (Å²) < 4.78 is 5.73. The van der Waals surface area contributed by atoms with Crippen molar-refractivity contribution in [3.8, 4) is 5.75 Å². The quantitative estimate of drug-likeness (QED) is 0.563. The number of hydrogen-bond donors (Lipinski definition) is 1. The van der Waals surface area contributed by atoms with Gasteiger partial charge in [-0.2, -0.15) is 0 Å². The highest BCUT2D eigenvalue weighted by molar-refractivity contribution is 7.09. The number of thiazole rings is 1. The predicted molar refractivity (Wildman–Crippen MR) is 118 cm³/mol. The molecule has 2 aromatic carbocycles. The Bertz CT molecular complexity index is 957. The maximum absolute atomic E-state index is 12.6. The van der Waals surface area contributed by atoms with E-state index >= 15 is 0 Å². The van der Waals surface area contributed by atoms with Crippen molar-refractivity contribution in [2.45, 2.75) is 19.6 Å². The number of likely N-dealkylation sites (N-methyl/N-ethyl adjacent to an activating group) is 1. The van der Waals surface area contributed by atoms with E-state index in [9.17, 15) is 4.79 Å². The molecule has 29 heavy (non-hydrogen) atoms. The van der Waals surface area contributed by atoms with Gasteiger partial charge in [0, 0.05) is 22.5 Å². The smallest absolute Gasteiger partial charge is 0.251 e. The Morgan fingerprint density at radius 1 is 1.21 bits per heavy atom. The van der Waals surface area contributed by atoms with Crippen LogP contribution in [0.1, 0.15) is 32.7 Å². The van der Waals surface area contributed by atoms with E-state index in [1.807, 2.05) is 55.6 Å². The molecule has 0 fully saturated rings. The average Bonchev–Trinajstić information content (AvgIpc) is 3.13. The van der Waals surface area contributed by atoms with Gasteiger partial charge in [-0.3, -0.25) is 4.79 Å². The zero-order valence-electron chi connectivity index (χ0n) is 16.7. The van der Waals surface area contributed by atoms with Crippen molar-refractivity contribution in [3.63, 3.8) is 0 Å². The van der Waals surface area contributed by atoms with E-state index in [2.05, 4.69) is 10.3 Å². The number of nitrogens with one attached hydrogen (secondary N) is 1. The number of nitrogens with zero attached hydrogens (tertiary/aromatic N) is 2. The number of amides is 1. The lowest BCUT2D eigenvalue weighted by molar-refractivity contribution is 0.0942. The predicted octanol–water partition coefficient (Wildman–Crippen LogP) is 4.72. The molecule has 152 valence electrons. The van der Waals surface area contributed by atoms with Crippen molar-refractivity contribution < 1.29 is 9.53 Å². The van der Waals surface area contributed by atoms with Crippen LogP contribution in [0.5, 0.6) is 5.75 Å². The van der Waals surface area contributed by atoms with Gasteiger partial charge < -0.3 is 15.0 Å². The van der Waals surface area contributed by atoms with Gasteiger partial charge in [0.15, 0.2) is 0 Å². The van der Waals surface area contributed by atoms with Crippen LogP contribution in [0.25, 0.3) is 0 Å². The second kappa shape index (κ2) is 9.87. The topological polar surface area (TPSA) is 54.5 Å². The molecule has 1 N–H and O–H groups in total. The van der Waals surface area contributed by atoms with Gasteiger partial charge in [0.2, 0.25) is 0 Å².